The van der Waals surface area contributed by atoms with Crippen LogP contribution < -0.4 is 10.9 Å². The maximum atomic E-state index is 13.6. The summed E-state index contributed by atoms with van der Waals surface area (Å²) in [5.74, 6) is -0.981. The van der Waals surface area contributed by atoms with E-state index in [9.17, 15) is 14.0 Å². The average Bonchev–Trinajstić information content (AvgIpc) is 3.22. The van der Waals surface area contributed by atoms with Gasteiger partial charge < -0.3 is 0 Å². The van der Waals surface area contributed by atoms with E-state index in [1.165, 1.54) is 23.5 Å². The van der Waals surface area contributed by atoms with Crippen molar-refractivity contribution in [1.29, 1.82) is 0 Å². The Labute approximate surface area is 144 Å². The van der Waals surface area contributed by atoms with Crippen molar-refractivity contribution in [2.75, 3.05) is 0 Å². The zero-order valence-corrected chi connectivity index (χ0v) is 14.2. The minimum Gasteiger partial charge on any atom is -0.272 e. The minimum atomic E-state index is -0.777. The van der Waals surface area contributed by atoms with Gasteiger partial charge in [-0.15, -0.1) is 11.3 Å². The summed E-state index contributed by atoms with van der Waals surface area (Å²) in [6.07, 6.45) is 3.11. The van der Waals surface area contributed by atoms with Crippen LogP contribution in [0.1, 0.15) is 45.8 Å². The summed E-state index contributed by atoms with van der Waals surface area (Å²) >= 11 is 1.36. The zero-order valence-electron chi connectivity index (χ0n) is 13.4. The maximum Gasteiger partial charge on any atom is 0.279 e. The maximum absolute atomic E-state index is 13.6. The molecule has 0 atom stereocenters. The van der Waals surface area contributed by atoms with Crippen molar-refractivity contribution in [1.82, 2.24) is 10.9 Å². The molecule has 1 aromatic heterocycles. The first kappa shape index (κ1) is 16.6. The Kier molecular flexibility index (Phi) is 4.66. The molecule has 126 valence electrons. The van der Waals surface area contributed by atoms with Crippen LogP contribution in [0.3, 0.4) is 0 Å². The van der Waals surface area contributed by atoms with Crippen LogP contribution in [-0.4, -0.2) is 11.8 Å². The van der Waals surface area contributed by atoms with Gasteiger partial charge >= 0.3 is 0 Å². The van der Waals surface area contributed by atoms with E-state index in [0.717, 1.165) is 17.7 Å². The van der Waals surface area contributed by atoms with E-state index >= 15 is 0 Å². The molecule has 4 nitrogen and oxygen atoms in total. The lowest BCUT2D eigenvalue weighted by molar-refractivity contribution is -0.127. The molecule has 1 aliphatic carbocycles. The number of halogens is 1. The highest BCUT2D eigenvalue weighted by Gasteiger charge is 2.43. The number of nitrogens with one attached hydrogen (secondary N) is 2. The van der Waals surface area contributed by atoms with Crippen molar-refractivity contribution in [3.8, 4) is 0 Å². The third kappa shape index (κ3) is 3.19. The second-order valence-corrected chi connectivity index (χ2v) is 7.41. The van der Waals surface area contributed by atoms with E-state index in [-0.39, 0.29) is 17.6 Å². The van der Waals surface area contributed by atoms with Gasteiger partial charge in [0, 0.05) is 4.88 Å². The highest BCUT2D eigenvalue weighted by atomic mass is 32.1. The Morgan fingerprint density at radius 1 is 1.12 bits per heavy atom. The van der Waals surface area contributed by atoms with Crippen LogP contribution in [-0.2, 0) is 10.2 Å². The molecule has 3 rings (SSSR count). The predicted molar refractivity (Wildman–Crippen MR) is 91.2 cm³/mol. The number of rotatable bonds is 3. The highest BCUT2D eigenvalue weighted by molar-refractivity contribution is 7.13. The third-order valence-electron chi connectivity index (χ3n) is 4.52. The highest BCUT2D eigenvalue weighted by Crippen LogP contribution is 2.41. The number of amides is 2. The van der Waals surface area contributed by atoms with Crippen LogP contribution in [0.4, 0.5) is 4.39 Å². The molecule has 1 saturated carbocycles. The van der Waals surface area contributed by atoms with Gasteiger partial charge in [0.05, 0.1) is 10.3 Å². The molecule has 0 aliphatic heterocycles. The van der Waals surface area contributed by atoms with Crippen LogP contribution in [0.2, 0.25) is 0 Å². The van der Waals surface area contributed by atoms with Crippen molar-refractivity contribution < 1.29 is 14.0 Å². The number of hydrogen-bond donors (Lipinski definition) is 2. The standard InChI is InChI=1S/C18H19FN2O2S/c1-12-7-8-15(24-12)16(22)20-21-17(23)18(9-2-3-10-18)13-5-4-6-14(19)11-13/h4-8,11H,2-3,9-10H2,1H3,(H,20,22)(H,21,23). The Morgan fingerprint density at radius 3 is 2.50 bits per heavy atom. The smallest absolute Gasteiger partial charge is 0.272 e. The van der Waals surface area contributed by atoms with E-state index in [1.54, 1.807) is 18.2 Å². The van der Waals surface area contributed by atoms with Gasteiger partial charge in [0.1, 0.15) is 5.82 Å². The van der Waals surface area contributed by atoms with E-state index in [0.29, 0.717) is 23.3 Å². The number of hydrazine groups is 1. The van der Waals surface area contributed by atoms with Gasteiger partial charge in [0.25, 0.3) is 5.91 Å². The van der Waals surface area contributed by atoms with Crippen molar-refractivity contribution >= 4 is 23.2 Å². The molecule has 24 heavy (non-hydrogen) atoms. The van der Waals surface area contributed by atoms with Crippen molar-refractivity contribution in [2.45, 2.75) is 38.0 Å². The lowest BCUT2D eigenvalue weighted by atomic mass is 9.78. The number of aryl methyl sites for hydroxylation is 1. The molecule has 1 aromatic carbocycles. The average molecular weight is 346 g/mol. The van der Waals surface area contributed by atoms with Crippen molar-refractivity contribution in [3.05, 3.63) is 57.5 Å². The molecule has 0 bridgehead atoms. The van der Waals surface area contributed by atoms with Crippen LogP contribution in [0.15, 0.2) is 36.4 Å². The van der Waals surface area contributed by atoms with Crippen LogP contribution in [0, 0.1) is 12.7 Å². The molecule has 1 fully saturated rings. The van der Waals surface area contributed by atoms with Crippen LogP contribution in [0.25, 0.3) is 0 Å². The van der Waals surface area contributed by atoms with E-state index < -0.39 is 5.41 Å². The first-order valence-electron chi connectivity index (χ1n) is 7.94. The molecule has 2 N–H and O–H groups in total. The number of carbonyl (C=O) groups excluding carboxylic acids is 2. The Balaban J connectivity index is 1.75. The Morgan fingerprint density at radius 2 is 1.88 bits per heavy atom. The van der Waals surface area contributed by atoms with Gasteiger partial charge in [0.2, 0.25) is 5.91 Å². The fraction of sp³-hybridized carbons (Fsp3) is 0.333. The van der Waals surface area contributed by atoms with Gasteiger partial charge in [-0.25, -0.2) is 4.39 Å². The van der Waals surface area contributed by atoms with E-state index in [4.69, 9.17) is 0 Å². The fourth-order valence-electron chi connectivity index (χ4n) is 3.26. The third-order valence-corrected chi connectivity index (χ3v) is 5.52. The molecule has 0 unspecified atom stereocenters. The van der Waals surface area contributed by atoms with Gasteiger partial charge in [-0.05, 0) is 49.6 Å². The van der Waals surface area contributed by atoms with Crippen LogP contribution >= 0.6 is 11.3 Å². The van der Waals surface area contributed by atoms with Crippen LogP contribution in [0.5, 0.6) is 0 Å². The summed E-state index contributed by atoms with van der Waals surface area (Å²) in [4.78, 5) is 26.4. The zero-order chi connectivity index (χ0) is 17.2. The largest absolute Gasteiger partial charge is 0.279 e. The lowest BCUT2D eigenvalue weighted by Crippen LogP contribution is -2.50. The first-order valence-corrected chi connectivity index (χ1v) is 8.76. The molecular weight excluding hydrogens is 327 g/mol. The first-order chi connectivity index (χ1) is 11.5. The molecule has 1 aliphatic rings. The number of benzene rings is 1. The van der Waals surface area contributed by atoms with Crippen molar-refractivity contribution in [3.63, 3.8) is 0 Å². The van der Waals surface area contributed by atoms with Gasteiger partial charge in [0.15, 0.2) is 0 Å². The molecule has 1 heterocycles. The fourth-order valence-corrected chi connectivity index (χ4v) is 4.03. The van der Waals surface area contributed by atoms with Gasteiger partial charge in [-0.2, -0.15) is 0 Å². The monoisotopic (exact) mass is 346 g/mol. The number of hydrogen-bond acceptors (Lipinski definition) is 3. The molecule has 0 saturated heterocycles. The molecular formula is C18H19FN2O2S. The molecule has 6 heteroatoms. The SMILES string of the molecule is Cc1ccc(C(=O)NNC(=O)C2(c3cccc(F)c3)CCCC2)s1. The topological polar surface area (TPSA) is 58.2 Å². The number of carbonyl (C=O) groups is 2. The summed E-state index contributed by atoms with van der Waals surface area (Å²) in [5, 5.41) is 0. The van der Waals surface area contributed by atoms with Gasteiger partial charge in [-0.1, -0.05) is 25.0 Å². The quantitative estimate of drug-likeness (QED) is 0.836. The molecule has 0 radical (unpaired) electrons. The molecule has 0 spiro atoms. The molecule has 2 amide bonds. The second kappa shape index (κ2) is 6.73. The summed E-state index contributed by atoms with van der Waals surface area (Å²) in [6, 6.07) is 9.75. The molecule has 2 aromatic rings. The lowest BCUT2D eigenvalue weighted by Gasteiger charge is -2.28. The predicted octanol–water partition coefficient (Wildman–Crippen LogP) is 3.47. The number of thiophene rings is 1. The van der Waals surface area contributed by atoms with Gasteiger partial charge in [-0.3, -0.25) is 20.4 Å². The minimum absolute atomic E-state index is 0.285. The summed E-state index contributed by atoms with van der Waals surface area (Å²) in [5.41, 5.74) is 4.90. The summed E-state index contributed by atoms with van der Waals surface area (Å²) in [7, 11) is 0. The second-order valence-electron chi connectivity index (χ2n) is 6.12. The normalized spacial score (nSPS) is 15.9. The Hall–Kier alpha value is -2.21. The summed E-state index contributed by atoms with van der Waals surface area (Å²) < 4.78 is 13.6. The van der Waals surface area contributed by atoms with E-state index in [1.807, 2.05) is 13.0 Å². The van der Waals surface area contributed by atoms with E-state index in [2.05, 4.69) is 10.9 Å². The van der Waals surface area contributed by atoms with Crippen molar-refractivity contribution in [2.24, 2.45) is 0 Å². The summed E-state index contributed by atoms with van der Waals surface area (Å²) in [6.45, 7) is 1.91. The Bertz CT molecular complexity index is 766.